The van der Waals surface area contributed by atoms with E-state index < -0.39 is 10.0 Å². The van der Waals surface area contributed by atoms with E-state index in [2.05, 4.69) is 5.32 Å². The Morgan fingerprint density at radius 2 is 1.61 bits per heavy atom. The Hall–Kier alpha value is -2.64. The fourth-order valence-corrected chi connectivity index (χ4v) is 4.94. The fourth-order valence-electron chi connectivity index (χ4n) is 3.43. The summed E-state index contributed by atoms with van der Waals surface area (Å²) in [6.07, 6.45) is 3.92. The third-order valence-electron chi connectivity index (χ3n) is 4.96. The second kappa shape index (κ2) is 7.77. The summed E-state index contributed by atoms with van der Waals surface area (Å²) in [5.41, 5.74) is 1.16. The third-order valence-corrected chi connectivity index (χ3v) is 6.88. The maximum absolute atomic E-state index is 12.8. The first kappa shape index (κ1) is 18.7. The molecule has 1 aliphatic rings. The van der Waals surface area contributed by atoms with Crippen LogP contribution in [0.1, 0.15) is 36.2 Å². The molecule has 28 heavy (non-hydrogen) atoms. The monoisotopic (exact) mass is 398 g/mol. The van der Waals surface area contributed by atoms with Crippen molar-refractivity contribution >= 4 is 32.6 Å². The van der Waals surface area contributed by atoms with Crippen molar-refractivity contribution < 1.29 is 17.6 Å². The predicted molar refractivity (Wildman–Crippen MR) is 108 cm³/mol. The molecule has 0 radical (unpaired) electrons. The SMILES string of the molecule is O=C(Nc1ccc(S(=O)(=O)N2CCCCCC2)cc1)c1cc2ccccc2o1. The molecule has 1 amide bonds. The molecule has 0 aliphatic carbocycles. The van der Waals surface area contributed by atoms with Gasteiger partial charge >= 0.3 is 0 Å². The minimum atomic E-state index is -3.50. The van der Waals surface area contributed by atoms with Crippen LogP contribution in [0.3, 0.4) is 0 Å². The van der Waals surface area contributed by atoms with Crippen LogP contribution in [0.15, 0.2) is 63.9 Å². The number of amides is 1. The Bertz CT molecular complexity index is 1050. The van der Waals surface area contributed by atoms with Crippen molar-refractivity contribution in [2.45, 2.75) is 30.6 Å². The van der Waals surface area contributed by atoms with Gasteiger partial charge in [0.15, 0.2) is 5.76 Å². The summed E-state index contributed by atoms with van der Waals surface area (Å²) >= 11 is 0. The highest BCUT2D eigenvalue weighted by molar-refractivity contribution is 7.89. The standard InChI is InChI=1S/C21H22N2O4S/c24-21(20-15-16-7-3-4-8-19(16)27-20)22-17-9-11-18(12-10-17)28(25,26)23-13-5-1-2-6-14-23/h3-4,7-12,15H,1-2,5-6,13-14H2,(H,22,24). The van der Waals surface area contributed by atoms with Crippen molar-refractivity contribution in [3.05, 3.63) is 60.4 Å². The largest absolute Gasteiger partial charge is 0.451 e. The van der Waals surface area contributed by atoms with Gasteiger partial charge in [0.1, 0.15) is 5.58 Å². The predicted octanol–water partition coefficient (Wildman–Crippen LogP) is 4.25. The van der Waals surface area contributed by atoms with E-state index in [9.17, 15) is 13.2 Å². The van der Waals surface area contributed by atoms with E-state index in [1.807, 2.05) is 18.2 Å². The minimum Gasteiger partial charge on any atom is -0.451 e. The maximum atomic E-state index is 12.8. The van der Waals surface area contributed by atoms with Gasteiger partial charge in [-0.1, -0.05) is 31.0 Å². The summed E-state index contributed by atoms with van der Waals surface area (Å²) in [4.78, 5) is 12.7. The zero-order chi connectivity index (χ0) is 19.6. The van der Waals surface area contributed by atoms with Gasteiger partial charge < -0.3 is 9.73 Å². The number of hydrogen-bond donors (Lipinski definition) is 1. The van der Waals surface area contributed by atoms with Crippen LogP contribution in [0, 0.1) is 0 Å². The van der Waals surface area contributed by atoms with Crippen molar-refractivity contribution in [2.75, 3.05) is 18.4 Å². The molecule has 0 atom stereocenters. The van der Waals surface area contributed by atoms with Crippen LogP contribution in [0.2, 0.25) is 0 Å². The lowest BCUT2D eigenvalue weighted by atomic mass is 10.2. The van der Waals surface area contributed by atoms with Crippen molar-refractivity contribution in [2.24, 2.45) is 0 Å². The Labute approximate surface area is 164 Å². The number of benzene rings is 2. The highest BCUT2D eigenvalue weighted by atomic mass is 32.2. The highest BCUT2D eigenvalue weighted by Gasteiger charge is 2.25. The van der Waals surface area contributed by atoms with Gasteiger partial charge in [0.25, 0.3) is 5.91 Å². The molecule has 7 heteroatoms. The van der Waals surface area contributed by atoms with E-state index in [-0.39, 0.29) is 16.6 Å². The number of carbonyl (C=O) groups excluding carboxylic acids is 1. The molecule has 2 heterocycles. The summed E-state index contributed by atoms with van der Waals surface area (Å²) in [5, 5.41) is 3.60. The number of rotatable bonds is 4. The van der Waals surface area contributed by atoms with Crippen molar-refractivity contribution in [3.63, 3.8) is 0 Å². The smallest absolute Gasteiger partial charge is 0.291 e. The fraction of sp³-hybridized carbons (Fsp3) is 0.286. The van der Waals surface area contributed by atoms with E-state index in [0.717, 1.165) is 31.1 Å². The van der Waals surface area contributed by atoms with Gasteiger partial charge in [-0.15, -0.1) is 0 Å². The second-order valence-corrected chi connectivity index (χ2v) is 8.88. The number of nitrogens with one attached hydrogen (secondary N) is 1. The van der Waals surface area contributed by atoms with Crippen LogP contribution in [0.5, 0.6) is 0 Å². The molecule has 0 saturated carbocycles. The molecule has 0 spiro atoms. The van der Waals surface area contributed by atoms with Gasteiger partial charge in [0.2, 0.25) is 10.0 Å². The van der Waals surface area contributed by atoms with Crippen molar-refractivity contribution in [3.8, 4) is 0 Å². The molecule has 1 fully saturated rings. The lowest BCUT2D eigenvalue weighted by molar-refractivity contribution is 0.0998. The molecule has 1 N–H and O–H groups in total. The highest BCUT2D eigenvalue weighted by Crippen LogP contribution is 2.23. The average molecular weight is 398 g/mol. The first-order valence-electron chi connectivity index (χ1n) is 9.44. The summed E-state index contributed by atoms with van der Waals surface area (Å²) in [5.74, 6) is -0.165. The molecule has 1 aliphatic heterocycles. The first-order valence-corrected chi connectivity index (χ1v) is 10.9. The Morgan fingerprint density at radius 3 is 2.29 bits per heavy atom. The Morgan fingerprint density at radius 1 is 0.929 bits per heavy atom. The van der Waals surface area contributed by atoms with Gasteiger partial charge in [-0.25, -0.2) is 8.42 Å². The zero-order valence-electron chi connectivity index (χ0n) is 15.4. The Balaban J connectivity index is 1.48. The van der Waals surface area contributed by atoms with Gasteiger partial charge in [-0.2, -0.15) is 4.31 Å². The van der Waals surface area contributed by atoms with Gasteiger partial charge in [-0.05, 0) is 49.2 Å². The van der Waals surface area contributed by atoms with Crippen LogP contribution in [0.25, 0.3) is 11.0 Å². The molecule has 0 unspecified atom stereocenters. The number of fused-ring (bicyclic) bond motifs is 1. The molecule has 1 saturated heterocycles. The number of anilines is 1. The molecule has 146 valence electrons. The second-order valence-electron chi connectivity index (χ2n) is 6.95. The Kier molecular flexibility index (Phi) is 5.19. The molecular formula is C21H22N2O4S. The number of carbonyl (C=O) groups is 1. The minimum absolute atomic E-state index is 0.211. The van der Waals surface area contributed by atoms with E-state index in [1.54, 1.807) is 28.6 Å². The molecule has 6 nitrogen and oxygen atoms in total. The van der Waals surface area contributed by atoms with Crippen LogP contribution >= 0.6 is 0 Å². The lowest BCUT2D eigenvalue weighted by Gasteiger charge is -2.20. The topological polar surface area (TPSA) is 79.6 Å². The number of hydrogen-bond acceptors (Lipinski definition) is 4. The summed E-state index contributed by atoms with van der Waals surface area (Å²) in [6, 6.07) is 15.4. The van der Waals surface area contributed by atoms with Crippen molar-refractivity contribution in [1.29, 1.82) is 0 Å². The van der Waals surface area contributed by atoms with Crippen LogP contribution < -0.4 is 5.32 Å². The number of furan rings is 1. The normalized spacial score (nSPS) is 16.0. The molecule has 3 aromatic rings. The quantitative estimate of drug-likeness (QED) is 0.712. The van der Waals surface area contributed by atoms with Crippen LogP contribution in [0.4, 0.5) is 5.69 Å². The molecule has 4 rings (SSSR count). The zero-order valence-corrected chi connectivity index (χ0v) is 16.2. The molecule has 2 aromatic carbocycles. The third kappa shape index (κ3) is 3.81. The number of para-hydroxylation sites is 1. The van der Waals surface area contributed by atoms with Crippen LogP contribution in [-0.4, -0.2) is 31.7 Å². The number of nitrogens with zero attached hydrogens (tertiary/aromatic N) is 1. The number of sulfonamides is 1. The summed E-state index contributed by atoms with van der Waals surface area (Å²) in [6.45, 7) is 1.12. The van der Waals surface area contributed by atoms with Gasteiger partial charge in [0, 0.05) is 24.2 Å². The summed E-state index contributed by atoms with van der Waals surface area (Å²) < 4.78 is 32.8. The summed E-state index contributed by atoms with van der Waals surface area (Å²) in [7, 11) is -3.50. The maximum Gasteiger partial charge on any atom is 0.291 e. The van der Waals surface area contributed by atoms with Gasteiger partial charge in [0.05, 0.1) is 4.90 Å². The average Bonchev–Trinajstić information content (AvgIpc) is 2.94. The van der Waals surface area contributed by atoms with E-state index in [1.165, 1.54) is 12.1 Å². The van der Waals surface area contributed by atoms with Crippen LogP contribution in [-0.2, 0) is 10.0 Å². The van der Waals surface area contributed by atoms with E-state index in [4.69, 9.17) is 4.42 Å². The molecular weight excluding hydrogens is 376 g/mol. The molecule has 1 aromatic heterocycles. The first-order chi connectivity index (χ1) is 13.5. The lowest BCUT2D eigenvalue weighted by Crippen LogP contribution is -2.31. The van der Waals surface area contributed by atoms with E-state index in [0.29, 0.717) is 24.4 Å². The molecule has 0 bridgehead atoms. The van der Waals surface area contributed by atoms with Crippen molar-refractivity contribution in [1.82, 2.24) is 4.31 Å². The van der Waals surface area contributed by atoms with Gasteiger partial charge in [-0.3, -0.25) is 4.79 Å². The van der Waals surface area contributed by atoms with E-state index >= 15 is 0 Å².